The summed E-state index contributed by atoms with van der Waals surface area (Å²) in [5.41, 5.74) is 3.41. The number of anilines is 1. The Hall–Kier alpha value is -4.02. The summed E-state index contributed by atoms with van der Waals surface area (Å²) < 4.78 is 26.6. The molecule has 11 heteroatoms. The summed E-state index contributed by atoms with van der Waals surface area (Å²) in [6.45, 7) is 1.34. The van der Waals surface area contributed by atoms with E-state index in [0.717, 1.165) is 18.4 Å². The van der Waals surface area contributed by atoms with Crippen LogP contribution in [0.3, 0.4) is 0 Å². The molecule has 0 aliphatic carbocycles. The van der Waals surface area contributed by atoms with Gasteiger partial charge in [0.1, 0.15) is 17.6 Å². The van der Waals surface area contributed by atoms with Crippen molar-refractivity contribution >= 4 is 40.1 Å². The molecule has 4 heterocycles. The molecule has 2 N–H and O–H groups in total. The van der Waals surface area contributed by atoms with Crippen molar-refractivity contribution in [2.24, 2.45) is 0 Å². The fraction of sp³-hybridized carbons (Fsp3) is 0.200. The maximum Gasteiger partial charge on any atom is 0.278 e. The second-order valence-electron chi connectivity index (χ2n) is 8.46. The molecule has 5 aromatic rings. The Morgan fingerprint density at radius 3 is 2.81 bits per heavy atom. The van der Waals surface area contributed by atoms with E-state index in [0.29, 0.717) is 46.4 Å². The van der Waals surface area contributed by atoms with Gasteiger partial charge in [-0.05, 0) is 47.5 Å². The number of aromatic amines is 1. The molecular formula is C25H20ClFN6O3. The molecule has 2 aromatic carbocycles. The minimum Gasteiger partial charge on any atom is -0.473 e. The molecule has 0 atom stereocenters. The highest BCUT2D eigenvalue weighted by atomic mass is 35.5. The lowest BCUT2D eigenvalue weighted by Crippen LogP contribution is -2.26. The molecule has 0 bridgehead atoms. The number of amides is 1. The van der Waals surface area contributed by atoms with Crippen LogP contribution in [0.2, 0.25) is 5.02 Å². The number of ether oxygens (including phenoxy) is 2. The molecule has 0 spiro atoms. The fourth-order valence-corrected chi connectivity index (χ4v) is 4.36. The van der Waals surface area contributed by atoms with Crippen LogP contribution in [0.25, 0.3) is 27.8 Å². The number of benzene rings is 2. The number of carbonyl (C=O) groups excluding carboxylic acids is 1. The van der Waals surface area contributed by atoms with Gasteiger partial charge in [-0.25, -0.2) is 18.9 Å². The number of halogens is 2. The van der Waals surface area contributed by atoms with Crippen molar-refractivity contribution in [3.63, 3.8) is 0 Å². The zero-order chi connectivity index (χ0) is 24.6. The summed E-state index contributed by atoms with van der Waals surface area (Å²) >= 11 is 5.99. The monoisotopic (exact) mass is 506 g/mol. The number of H-pyrrole nitrogens is 1. The molecule has 1 saturated heterocycles. The third kappa shape index (κ3) is 4.60. The van der Waals surface area contributed by atoms with E-state index < -0.39 is 11.7 Å². The standard InChI is InChI=1S/C25H20ClFN6O3/c26-16-9-15(10-17(27)12-16)14-1-2-19-20(11-14)30-25(29-19)31-24(34)21-13-33-22(28-21)3-4-23(32-33)36-18-5-7-35-8-6-18/h1-4,9-13,18H,5-8H2,(H2,29,30,31,34). The predicted molar refractivity (Wildman–Crippen MR) is 132 cm³/mol. The van der Waals surface area contributed by atoms with Crippen molar-refractivity contribution in [2.75, 3.05) is 18.5 Å². The van der Waals surface area contributed by atoms with Gasteiger partial charge in [-0.1, -0.05) is 17.7 Å². The zero-order valence-electron chi connectivity index (χ0n) is 18.9. The first kappa shape index (κ1) is 22.4. The summed E-state index contributed by atoms with van der Waals surface area (Å²) in [4.78, 5) is 24.7. The van der Waals surface area contributed by atoms with Crippen molar-refractivity contribution in [1.82, 2.24) is 24.6 Å². The van der Waals surface area contributed by atoms with E-state index >= 15 is 0 Å². The quantitative estimate of drug-likeness (QED) is 0.352. The highest BCUT2D eigenvalue weighted by Crippen LogP contribution is 2.27. The van der Waals surface area contributed by atoms with Crippen LogP contribution < -0.4 is 10.1 Å². The summed E-state index contributed by atoms with van der Waals surface area (Å²) in [6.07, 6.45) is 3.22. The SMILES string of the molecule is O=C(Nc1nc2ccc(-c3cc(F)cc(Cl)c3)cc2[nH]1)c1cn2nc(OC3CCOCC3)ccc2n1. The Labute approximate surface area is 209 Å². The molecule has 0 unspecified atom stereocenters. The number of carbonyl (C=O) groups is 1. The van der Waals surface area contributed by atoms with Crippen LogP contribution in [0, 0.1) is 5.82 Å². The van der Waals surface area contributed by atoms with E-state index in [-0.39, 0.29) is 17.7 Å². The highest BCUT2D eigenvalue weighted by molar-refractivity contribution is 6.30. The summed E-state index contributed by atoms with van der Waals surface area (Å²) in [7, 11) is 0. The number of nitrogens with one attached hydrogen (secondary N) is 2. The molecule has 1 fully saturated rings. The smallest absolute Gasteiger partial charge is 0.278 e. The Balaban J connectivity index is 1.20. The van der Waals surface area contributed by atoms with Crippen molar-refractivity contribution < 1.29 is 18.7 Å². The Morgan fingerprint density at radius 2 is 1.97 bits per heavy atom. The largest absolute Gasteiger partial charge is 0.473 e. The van der Waals surface area contributed by atoms with Gasteiger partial charge in [0.15, 0.2) is 5.65 Å². The van der Waals surface area contributed by atoms with Gasteiger partial charge >= 0.3 is 0 Å². The lowest BCUT2D eigenvalue weighted by atomic mass is 10.1. The van der Waals surface area contributed by atoms with Gasteiger partial charge in [-0.2, -0.15) is 0 Å². The predicted octanol–water partition coefficient (Wildman–Crippen LogP) is 4.88. The second kappa shape index (κ2) is 9.21. The first-order valence-corrected chi connectivity index (χ1v) is 11.8. The number of nitrogens with zero attached hydrogens (tertiary/aromatic N) is 4. The minimum absolute atomic E-state index is 0.0569. The maximum atomic E-state index is 13.8. The van der Waals surface area contributed by atoms with Crippen molar-refractivity contribution in [1.29, 1.82) is 0 Å². The molecule has 3 aromatic heterocycles. The molecule has 182 valence electrons. The first-order chi connectivity index (χ1) is 17.5. The minimum atomic E-state index is -0.441. The van der Waals surface area contributed by atoms with Crippen LogP contribution in [-0.4, -0.2) is 49.8 Å². The number of aromatic nitrogens is 5. The van der Waals surface area contributed by atoms with Crippen molar-refractivity contribution in [3.05, 3.63) is 71.3 Å². The average Bonchev–Trinajstić information content (AvgIpc) is 3.47. The number of fused-ring (bicyclic) bond motifs is 2. The lowest BCUT2D eigenvalue weighted by molar-refractivity contribution is 0.0232. The van der Waals surface area contributed by atoms with E-state index in [1.807, 2.05) is 12.1 Å². The van der Waals surface area contributed by atoms with Crippen LogP contribution in [-0.2, 0) is 4.74 Å². The van der Waals surface area contributed by atoms with Crippen LogP contribution >= 0.6 is 11.6 Å². The Morgan fingerprint density at radius 1 is 1.11 bits per heavy atom. The normalized spacial score (nSPS) is 14.4. The van der Waals surface area contributed by atoms with Crippen LogP contribution in [0.5, 0.6) is 5.88 Å². The van der Waals surface area contributed by atoms with Crippen LogP contribution in [0.4, 0.5) is 10.3 Å². The molecular weight excluding hydrogens is 487 g/mol. The summed E-state index contributed by atoms with van der Waals surface area (Å²) in [6, 6.07) is 13.2. The van der Waals surface area contributed by atoms with Crippen molar-refractivity contribution in [3.8, 4) is 17.0 Å². The van der Waals surface area contributed by atoms with Gasteiger partial charge in [-0.3, -0.25) is 10.1 Å². The van der Waals surface area contributed by atoms with E-state index in [9.17, 15) is 9.18 Å². The molecule has 1 amide bonds. The summed E-state index contributed by atoms with van der Waals surface area (Å²) in [5.74, 6) is -0.132. The number of imidazole rings is 2. The number of rotatable bonds is 5. The van der Waals surface area contributed by atoms with Gasteiger partial charge in [0.05, 0.1) is 30.4 Å². The molecule has 6 rings (SSSR count). The highest BCUT2D eigenvalue weighted by Gasteiger charge is 2.18. The Kier molecular flexibility index (Phi) is 5.74. The molecule has 1 aliphatic heterocycles. The average molecular weight is 507 g/mol. The van der Waals surface area contributed by atoms with E-state index in [1.54, 1.807) is 24.3 Å². The third-order valence-electron chi connectivity index (χ3n) is 5.89. The van der Waals surface area contributed by atoms with E-state index in [1.165, 1.54) is 22.8 Å². The van der Waals surface area contributed by atoms with Gasteiger partial charge < -0.3 is 14.5 Å². The number of hydrogen-bond donors (Lipinski definition) is 2. The molecule has 9 nitrogen and oxygen atoms in total. The van der Waals surface area contributed by atoms with E-state index in [2.05, 4.69) is 25.4 Å². The maximum absolute atomic E-state index is 13.8. The fourth-order valence-electron chi connectivity index (χ4n) is 4.14. The van der Waals surface area contributed by atoms with Gasteiger partial charge in [0.25, 0.3) is 5.91 Å². The molecule has 0 radical (unpaired) electrons. The molecule has 1 aliphatic rings. The molecule has 0 saturated carbocycles. The van der Waals surface area contributed by atoms with E-state index in [4.69, 9.17) is 21.1 Å². The van der Waals surface area contributed by atoms with Gasteiger partial charge in [0.2, 0.25) is 11.8 Å². The Bertz CT molecular complexity index is 1570. The third-order valence-corrected chi connectivity index (χ3v) is 6.11. The lowest BCUT2D eigenvalue weighted by Gasteiger charge is -2.22. The van der Waals surface area contributed by atoms with Crippen LogP contribution in [0.15, 0.2) is 54.7 Å². The number of hydrogen-bond acceptors (Lipinski definition) is 6. The zero-order valence-corrected chi connectivity index (χ0v) is 19.6. The van der Waals surface area contributed by atoms with Crippen molar-refractivity contribution in [2.45, 2.75) is 18.9 Å². The second-order valence-corrected chi connectivity index (χ2v) is 8.90. The topological polar surface area (TPSA) is 106 Å². The van der Waals surface area contributed by atoms with Gasteiger partial charge in [0, 0.05) is 23.9 Å². The van der Waals surface area contributed by atoms with Crippen LogP contribution in [0.1, 0.15) is 23.3 Å². The molecule has 36 heavy (non-hydrogen) atoms. The summed E-state index contributed by atoms with van der Waals surface area (Å²) in [5, 5.41) is 7.46. The van der Waals surface area contributed by atoms with Gasteiger partial charge in [-0.15, -0.1) is 5.10 Å². The first-order valence-electron chi connectivity index (χ1n) is 11.4.